The van der Waals surface area contributed by atoms with E-state index >= 15 is 0 Å². The third kappa shape index (κ3) is 2.13. The van der Waals surface area contributed by atoms with Crippen molar-refractivity contribution >= 4 is 24.0 Å². The highest BCUT2D eigenvalue weighted by Crippen LogP contribution is 2.08. The Morgan fingerprint density at radius 1 is 1.58 bits per heavy atom. The number of allylic oxidation sites excluding steroid dienone is 1. The van der Waals surface area contributed by atoms with Crippen molar-refractivity contribution in [1.82, 2.24) is 9.97 Å². The first-order valence-corrected chi connectivity index (χ1v) is 3.73. The molecule has 4 heteroatoms. The van der Waals surface area contributed by atoms with E-state index in [0.29, 0.717) is 6.29 Å². The van der Waals surface area contributed by atoms with Gasteiger partial charge in [0.15, 0.2) is 0 Å². The number of carbonyl (C=O) groups excluding carboxylic acids is 1. The first-order chi connectivity index (χ1) is 5.74. The molecule has 0 aromatic carbocycles. The van der Waals surface area contributed by atoms with E-state index in [1.807, 2.05) is 0 Å². The van der Waals surface area contributed by atoms with E-state index in [1.54, 1.807) is 19.2 Å². The van der Waals surface area contributed by atoms with E-state index in [-0.39, 0.29) is 5.28 Å². The normalized spacial score (nSPS) is 10.5. The van der Waals surface area contributed by atoms with Crippen LogP contribution in [0.5, 0.6) is 0 Å². The third-order valence-corrected chi connectivity index (χ3v) is 1.52. The summed E-state index contributed by atoms with van der Waals surface area (Å²) in [7, 11) is 0. The average Bonchev–Trinajstić information content (AvgIpc) is 2.03. The number of carbonyl (C=O) groups is 1. The molecule has 0 amide bonds. The SMILES string of the molecule is Cc1nc(Cl)ncc1C=CC=O. The molecule has 1 rings (SSSR count). The van der Waals surface area contributed by atoms with E-state index in [9.17, 15) is 4.79 Å². The Morgan fingerprint density at radius 2 is 2.33 bits per heavy atom. The molecule has 1 aromatic rings. The van der Waals surface area contributed by atoms with Crippen molar-refractivity contribution in [2.45, 2.75) is 6.92 Å². The Bertz CT molecular complexity index is 323. The molecule has 12 heavy (non-hydrogen) atoms. The van der Waals surface area contributed by atoms with Crippen LogP contribution in [0.15, 0.2) is 12.3 Å². The molecule has 0 aliphatic rings. The summed E-state index contributed by atoms with van der Waals surface area (Å²) >= 11 is 5.54. The minimum absolute atomic E-state index is 0.218. The lowest BCUT2D eigenvalue weighted by atomic mass is 10.2. The van der Waals surface area contributed by atoms with E-state index in [0.717, 1.165) is 11.3 Å². The molecule has 0 saturated carbocycles. The van der Waals surface area contributed by atoms with Crippen LogP contribution in [0.25, 0.3) is 6.08 Å². The maximum Gasteiger partial charge on any atom is 0.222 e. The number of hydrogen-bond acceptors (Lipinski definition) is 3. The van der Waals surface area contributed by atoms with E-state index < -0.39 is 0 Å². The Morgan fingerprint density at radius 3 is 2.92 bits per heavy atom. The summed E-state index contributed by atoms with van der Waals surface area (Å²) in [6, 6.07) is 0. The topological polar surface area (TPSA) is 42.9 Å². The third-order valence-electron chi connectivity index (χ3n) is 1.34. The Labute approximate surface area is 75.1 Å². The molecule has 0 N–H and O–H groups in total. The van der Waals surface area contributed by atoms with E-state index in [2.05, 4.69) is 9.97 Å². The molecule has 0 fully saturated rings. The van der Waals surface area contributed by atoms with Gasteiger partial charge in [0.1, 0.15) is 6.29 Å². The number of aromatic nitrogens is 2. The monoisotopic (exact) mass is 182 g/mol. The molecule has 0 unspecified atom stereocenters. The molecule has 0 atom stereocenters. The number of aryl methyl sites for hydroxylation is 1. The molecule has 0 aliphatic carbocycles. The van der Waals surface area contributed by atoms with Crippen LogP contribution in [0.2, 0.25) is 5.28 Å². The van der Waals surface area contributed by atoms with Crippen molar-refractivity contribution in [3.8, 4) is 0 Å². The predicted octanol–water partition coefficient (Wildman–Crippen LogP) is 1.65. The highest BCUT2D eigenvalue weighted by Gasteiger charge is 1.96. The minimum atomic E-state index is 0.218. The first-order valence-electron chi connectivity index (χ1n) is 3.35. The van der Waals surface area contributed by atoms with Gasteiger partial charge in [0.25, 0.3) is 0 Å². The zero-order chi connectivity index (χ0) is 8.97. The van der Waals surface area contributed by atoms with Crippen LogP contribution in [0.1, 0.15) is 11.3 Å². The van der Waals surface area contributed by atoms with Gasteiger partial charge in [0, 0.05) is 17.5 Å². The van der Waals surface area contributed by atoms with Crippen molar-refractivity contribution in [3.05, 3.63) is 28.8 Å². The van der Waals surface area contributed by atoms with Crippen LogP contribution in [0, 0.1) is 6.92 Å². The van der Waals surface area contributed by atoms with Crippen molar-refractivity contribution in [2.24, 2.45) is 0 Å². The Kier molecular flexibility index (Phi) is 2.94. The number of halogens is 1. The summed E-state index contributed by atoms with van der Waals surface area (Å²) in [4.78, 5) is 17.7. The zero-order valence-corrected chi connectivity index (χ0v) is 7.25. The van der Waals surface area contributed by atoms with Crippen LogP contribution in [0.4, 0.5) is 0 Å². The number of rotatable bonds is 2. The van der Waals surface area contributed by atoms with Crippen molar-refractivity contribution in [1.29, 1.82) is 0 Å². The minimum Gasteiger partial charge on any atom is -0.299 e. The number of nitrogens with zero attached hydrogens (tertiary/aromatic N) is 2. The van der Waals surface area contributed by atoms with E-state index in [4.69, 9.17) is 11.6 Å². The maximum atomic E-state index is 10.0. The molecule has 0 aliphatic heterocycles. The predicted molar refractivity (Wildman–Crippen MR) is 46.9 cm³/mol. The fraction of sp³-hybridized carbons (Fsp3) is 0.125. The van der Waals surface area contributed by atoms with Gasteiger partial charge >= 0.3 is 0 Å². The number of hydrogen-bond donors (Lipinski definition) is 0. The summed E-state index contributed by atoms with van der Waals surface area (Å²) < 4.78 is 0. The quantitative estimate of drug-likeness (QED) is 0.397. The van der Waals surface area contributed by atoms with Crippen molar-refractivity contribution < 1.29 is 4.79 Å². The molecule has 1 heterocycles. The van der Waals surface area contributed by atoms with Crippen LogP contribution in [-0.4, -0.2) is 16.3 Å². The van der Waals surface area contributed by atoms with Gasteiger partial charge < -0.3 is 0 Å². The van der Waals surface area contributed by atoms with Gasteiger partial charge in [0.05, 0.1) is 0 Å². The van der Waals surface area contributed by atoms with E-state index in [1.165, 1.54) is 6.08 Å². The highest BCUT2D eigenvalue weighted by atomic mass is 35.5. The van der Waals surface area contributed by atoms with Gasteiger partial charge in [-0.2, -0.15) is 0 Å². The lowest BCUT2D eigenvalue weighted by molar-refractivity contribution is -0.104. The maximum absolute atomic E-state index is 10.0. The smallest absolute Gasteiger partial charge is 0.222 e. The van der Waals surface area contributed by atoms with Crippen LogP contribution < -0.4 is 0 Å². The Hall–Kier alpha value is -1.22. The summed E-state index contributed by atoms with van der Waals surface area (Å²) in [5.74, 6) is 0. The molecule has 3 nitrogen and oxygen atoms in total. The molecular formula is C8H7ClN2O. The summed E-state index contributed by atoms with van der Waals surface area (Å²) in [6.07, 6.45) is 5.30. The Balaban J connectivity index is 3.01. The standard InChI is InChI=1S/C8H7ClN2O/c1-6-7(3-2-4-12)5-10-8(9)11-6/h2-5H,1H3. The van der Waals surface area contributed by atoms with Crippen LogP contribution in [-0.2, 0) is 4.79 Å². The fourth-order valence-corrected chi connectivity index (χ4v) is 0.930. The molecule has 0 spiro atoms. The highest BCUT2D eigenvalue weighted by molar-refractivity contribution is 6.28. The van der Waals surface area contributed by atoms with Gasteiger partial charge in [-0.3, -0.25) is 4.79 Å². The summed E-state index contributed by atoms with van der Waals surface area (Å²) in [6.45, 7) is 1.80. The van der Waals surface area contributed by atoms with Crippen molar-refractivity contribution in [2.75, 3.05) is 0 Å². The second-order valence-corrected chi connectivity index (χ2v) is 2.51. The molecule has 62 valence electrons. The lowest BCUT2D eigenvalue weighted by Crippen LogP contribution is -1.89. The van der Waals surface area contributed by atoms with Gasteiger partial charge in [-0.25, -0.2) is 9.97 Å². The summed E-state index contributed by atoms with van der Waals surface area (Å²) in [5.41, 5.74) is 1.56. The van der Waals surface area contributed by atoms with Gasteiger partial charge in [-0.15, -0.1) is 0 Å². The van der Waals surface area contributed by atoms with Crippen molar-refractivity contribution in [3.63, 3.8) is 0 Å². The average molecular weight is 183 g/mol. The lowest BCUT2D eigenvalue weighted by Gasteiger charge is -1.96. The molecule has 0 radical (unpaired) electrons. The molecule has 0 saturated heterocycles. The van der Waals surface area contributed by atoms with Gasteiger partial charge in [-0.05, 0) is 30.7 Å². The summed E-state index contributed by atoms with van der Waals surface area (Å²) in [5, 5.41) is 0.218. The zero-order valence-electron chi connectivity index (χ0n) is 6.49. The van der Waals surface area contributed by atoms with Gasteiger partial charge in [0.2, 0.25) is 5.28 Å². The second kappa shape index (κ2) is 3.97. The molecular weight excluding hydrogens is 176 g/mol. The van der Waals surface area contributed by atoms with Gasteiger partial charge in [-0.1, -0.05) is 0 Å². The first kappa shape index (κ1) is 8.87. The molecule has 1 aromatic heterocycles. The largest absolute Gasteiger partial charge is 0.299 e. The molecule has 0 bridgehead atoms. The fourth-order valence-electron chi connectivity index (χ4n) is 0.755. The number of aldehydes is 1. The van der Waals surface area contributed by atoms with Crippen LogP contribution >= 0.6 is 11.6 Å². The second-order valence-electron chi connectivity index (χ2n) is 2.17. The van der Waals surface area contributed by atoms with Crippen LogP contribution in [0.3, 0.4) is 0 Å².